The highest BCUT2D eigenvalue weighted by Crippen LogP contribution is 3.00. The van der Waals surface area contributed by atoms with Gasteiger partial charge in [0.15, 0.2) is 0 Å². The first kappa shape index (κ1) is 35.9. The lowest BCUT2D eigenvalue weighted by molar-refractivity contribution is -0.386. The number of carbonyl (C=O) groups is 2. The van der Waals surface area contributed by atoms with Gasteiger partial charge in [-0.15, -0.1) is 0 Å². The van der Waals surface area contributed by atoms with Crippen molar-refractivity contribution in [2.24, 2.45) is 45.8 Å². The third kappa shape index (κ3) is 4.19. The van der Waals surface area contributed by atoms with E-state index in [9.17, 15) is 5.11 Å². The number of rotatable bonds is 9. The van der Waals surface area contributed by atoms with Crippen molar-refractivity contribution in [3.8, 4) is 0 Å². The van der Waals surface area contributed by atoms with Crippen molar-refractivity contribution in [2.75, 3.05) is 6.61 Å². The Morgan fingerprint density at radius 3 is 1.67 bits per heavy atom. The average molecular weight is 743 g/mol. The maximum atomic E-state index is 15.8. The summed E-state index contributed by atoms with van der Waals surface area (Å²) in [4.78, 5) is 31.5. The van der Waals surface area contributed by atoms with Crippen LogP contribution in [-0.4, -0.2) is 48.1 Å². The number of hydrogen-bond acceptors (Lipinski definition) is 6. The maximum Gasteiger partial charge on any atom is 0.315 e. The molecule has 0 amide bonds. The largest absolute Gasteiger partial charge is 0.462 e. The van der Waals surface area contributed by atoms with Crippen LogP contribution in [0.3, 0.4) is 0 Å². The zero-order chi connectivity index (χ0) is 38.3. The third-order valence-corrected chi connectivity index (χ3v) is 17.3. The Morgan fingerprint density at radius 2 is 1.16 bits per heavy atom. The van der Waals surface area contributed by atoms with Gasteiger partial charge in [-0.3, -0.25) is 9.59 Å². The molecule has 7 aliphatic rings. The Balaban J connectivity index is 1.06. The second-order valence-corrected chi connectivity index (χ2v) is 20.1. The molecule has 1 N–H and O–H groups in total. The lowest BCUT2D eigenvalue weighted by Gasteiger charge is -2.87. The highest BCUT2D eigenvalue weighted by molar-refractivity contribution is 6.01. The molecule has 55 heavy (non-hydrogen) atoms. The van der Waals surface area contributed by atoms with Gasteiger partial charge >= 0.3 is 11.9 Å². The van der Waals surface area contributed by atoms with Gasteiger partial charge in [0.2, 0.25) is 0 Å². The van der Waals surface area contributed by atoms with Crippen LogP contribution in [0.2, 0.25) is 0 Å². The Labute approximate surface area is 326 Å². The van der Waals surface area contributed by atoms with Crippen LogP contribution in [0.5, 0.6) is 0 Å². The Morgan fingerprint density at radius 1 is 0.691 bits per heavy atom. The lowest BCUT2D eigenvalue weighted by Crippen LogP contribution is -2.96. The van der Waals surface area contributed by atoms with Gasteiger partial charge < -0.3 is 19.3 Å². The van der Waals surface area contributed by atoms with Crippen LogP contribution in [0.15, 0.2) is 84.9 Å². The maximum absolute atomic E-state index is 15.8. The van der Waals surface area contributed by atoms with Crippen LogP contribution < -0.4 is 0 Å². The molecule has 0 radical (unpaired) electrons. The molecule has 14 atom stereocenters. The fraction of sp³-hybridized carbons (Fsp3) is 0.592. The minimum absolute atomic E-state index is 0.106. The SMILES string of the molecule is C[C@@H]1CC[C@@H](C(C)(C)c2ccccc2)[C@H](OC(=O)[C@@]23[C@@H]4c5ccccc5[C@H]5[C@H]6O[C@@H]4[C@@H]2[C@@]6(CO)[C@]53C(=O)O[C@@H]2C[C@H](C)CC[C@H]2C(C)(C)c2ccccc2)C1. The number of aliphatic hydroxyl groups excluding tert-OH is 1. The van der Waals surface area contributed by atoms with E-state index in [0.29, 0.717) is 11.8 Å². The van der Waals surface area contributed by atoms with Crippen molar-refractivity contribution in [3.05, 3.63) is 107 Å². The van der Waals surface area contributed by atoms with Gasteiger partial charge in [0.25, 0.3) is 0 Å². The molecule has 10 rings (SSSR count). The predicted octanol–water partition coefficient (Wildman–Crippen LogP) is 8.89. The highest BCUT2D eigenvalue weighted by atomic mass is 16.6. The molecule has 3 aromatic carbocycles. The first-order valence-corrected chi connectivity index (χ1v) is 21.3. The quantitative estimate of drug-likeness (QED) is 0.221. The fourth-order valence-electron chi connectivity index (χ4n) is 14.7. The molecule has 0 spiro atoms. The van der Waals surface area contributed by atoms with E-state index in [1.165, 1.54) is 11.1 Å². The molecule has 1 aliphatic heterocycles. The molecule has 6 nitrogen and oxygen atoms in total. The highest BCUT2D eigenvalue weighted by Gasteiger charge is 3.08. The van der Waals surface area contributed by atoms with Gasteiger partial charge in [-0.05, 0) is 70.6 Å². The average Bonchev–Trinajstić information content (AvgIpc) is 3.34. The first-order chi connectivity index (χ1) is 26.4. The number of ether oxygens (including phenoxy) is 3. The van der Waals surface area contributed by atoms with Crippen LogP contribution in [0.4, 0.5) is 0 Å². The monoisotopic (exact) mass is 742 g/mol. The van der Waals surface area contributed by atoms with Crippen molar-refractivity contribution in [2.45, 2.75) is 127 Å². The van der Waals surface area contributed by atoms with E-state index in [4.69, 9.17) is 14.2 Å². The molecule has 6 fully saturated rings. The molecule has 5 saturated carbocycles. The van der Waals surface area contributed by atoms with Crippen LogP contribution >= 0.6 is 0 Å². The Bertz CT molecular complexity index is 2010. The molecule has 6 aliphatic carbocycles. The number of aliphatic hydroxyl groups is 1. The molecule has 0 aromatic heterocycles. The van der Waals surface area contributed by atoms with Crippen LogP contribution in [0.25, 0.3) is 0 Å². The summed E-state index contributed by atoms with van der Waals surface area (Å²) in [6.45, 7) is 13.5. The third-order valence-electron chi connectivity index (χ3n) is 17.3. The fourth-order valence-corrected chi connectivity index (χ4v) is 14.7. The van der Waals surface area contributed by atoms with E-state index in [2.05, 4.69) is 108 Å². The summed E-state index contributed by atoms with van der Waals surface area (Å²) in [5.74, 6) is -0.508. The van der Waals surface area contributed by atoms with Crippen molar-refractivity contribution >= 4 is 11.9 Å². The zero-order valence-corrected chi connectivity index (χ0v) is 33.4. The van der Waals surface area contributed by atoms with Gasteiger partial charge in [0, 0.05) is 35.0 Å². The second-order valence-electron chi connectivity index (χ2n) is 20.1. The summed E-state index contributed by atoms with van der Waals surface area (Å²) in [5, 5.41) is 11.5. The van der Waals surface area contributed by atoms with E-state index in [-0.39, 0.29) is 83.4 Å². The van der Waals surface area contributed by atoms with Gasteiger partial charge in [-0.25, -0.2) is 0 Å². The lowest BCUT2D eigenvalue weighted by atomic mass is 9.10. The molecular weight excluding hydrogens is 685 g/mol. The normalized spacial score (nSPS) is 41.8. The number of hydrogen-bond donors (Lipinski definition) is 1. The van der Waals surface area contributed by atoms with E-state index in [0.717, 1.165) is 49.7 Å². The van der Waals surface area contributed by atoms with Gasteiger partial charge in [0.1, 0.15) is 23.0 Å². The van der Waals surface area contributed by atoms with Crippen molar-refractivity contribution in [3.63, 3.8) is 0 Å². The first-order valence-electron chi connectivity index (χ1n) is 21.3. The Kier molecular flexibility index (Phi) is 7.85. The van der Waals surface area contributed by atoms with Crippen LogP contribution in [-0.2, 0) is 34.6 Å². The van der Waals surface area contributed by atoms with Gasteiger partial charge in [-0.1, -0.05) is 139 Å². The molecule has 3 aromatic rings. The minimum atomic E-state index is -1.25. The predicted molar refractivity (Wildman–Crippen MR) is 210 cm³/mol. The summed E-state index contributed by atoms with van der Waals surface area (Å²) in [6.07, 6.45) is 4.47. The summed E-state index contributed by atoms with van der Waals surface area (Å²) in [5.41, 5.74) is 0.953. The van der Waals surface area contributed by atoms with E-state index in [1.54, 1.807) is 0 Å². The van der Waals surface area contributed by atoms with Crippen molar-refractivity contribution < 1.29 is 28.9 Å². The van der Waals surface area contributed by atoms with E-state index < -0.39 is 16.2 Å². The molecule has 0 bridgehead atoms. The summed E-state index contributed by atoms with van der Waals surface area (Å²) in [7, 11) is 0. The number of fused-ring (bicyclic) bond motifs is 5. The second kappa shape index (κ2) is 12.0. The topological polar surface area (TPSA) is 82.1 Å². The minimum Gasteiger partial charge on any atom is -0.462 e. The van der Waals surface area contributed by atoms with Crippen LogP contribution in [0.1, 0.15) is 114 Å². The van der Waals surface area contributed by atoms with Crippen molar-refractivity contribution in [1.82, 2.24) is 0 Å². The zero-order valence-electron chi connectivity index (χ0n) is 33.4. The summed E-state index contributed by atoms with van der Waals surface area (Å²) < 4.78 is 20.9. The van der Waals surface area contributed by atoms with Crippen molar-refractivity contribution in [1.29, 1.82) is 0 Å². The molecule has 1 saturated heterocycles. The molecular formula is C49H58O6. The summed E-state index contributed by atoms with van der Waals surface area (Å²) in [6, 6.07) is 29.6. The molecule has 1 heterocycles. The molecule has 0 unspecified atom stereocenters. The van der Waals surface area contributed by atoms with E-state index in [1.807, 2.05) is 18.2 Å². The number of carbonyl (C=O) groups excluding carboxylic acids is 2. The standard InChI is InChI=1S/C49H58O6/c1-28-21-23-34(45(3,4)30-15-9-7-10-16-30)36(25-28)53-43(51)48-38-32-19-13-14-20-33(32)39-42-47(27-50,41(48)40(38)55-42)49(39,48)44(52)54-37-26-29(2)22-24-35(37)46(5,6)31-17-11-8-12-18-31/h7-20,28-29,34-42,50H,21-27H2,1-6H3/t28-,29-,34-,35-,36-,37-,38-,39+,40+,41-,42-,47-,48-,49-/m1/s1. The smallest absolute Gasteiger partial charge is 0.315 e. The molecule has 290 valence electrons. The van der Waals surface area contributed by atoms with Gasteiger partial charge in [-0.2, -0.15) is 0 Å². The van der Waals surface area contributed by atoms with Gasteiger partial charge in [0.05, 0.1) is 18.8 Å². The molecule has 6 heteroatoms. The van der Waals surface area contributed by atoms with Crippen LogP contribution in [0, 0.1) is 45.8 Å². The Hall–Kier alpha value is -3.48. The number of benzene rings is 3. The number of esters is 2. The van der Waals surface area contributed by atoms with E-state index >= 15 is 9.59 Å². The summed E-state index contributed by atoms with van der Waals surface area (Å²) >= 11 is 0.